The molecule has 0 bridgehead atoms. The lowest BCUT2D eigenvalue weighted by molar-refractivity contribution is -0.384. The molecule has 0 spiro atoms. The van der Waals surface area contributed by atoms with Crippen LogP contribution in [0.4, 0.5) is 5.69 Å². The SMILES string of the molecule is CNC1CCN(C(=O)c2cc([N+](=O)[O-])ccc2Sc2ccccc2)CC1. The van der Waals surface area contributed by atoms with Crippen LogP contribution in [-0.4, -0.2) is 41.9 Å². The highest BCUT2D eigenvalue weighted by Crippen LogP contribution is 2.33. The van der Waals surface area contributed by atoms with Gasteiger partial charge in [-0.2, -0.15) is 0 Å². The standard InChI is InChI=1S/C19H21N3O3S/c1-20-14-9-11-21(12-10-14)19(23)17-13-15(22(24)25)7-8-18(17)26-16-5-3-2-4-6-16/h2-8,13-14,20H,9-12H2,1H3. The van der Waals surface area contributed by atoms with Gasteiger partial charge in [0.15, 0.2) is 0 Å². The highest BCUT2D eigenvalue weighted by Gasteiger charge is 2.26. The van der Waals surface area contributed by atoms with E-state index < -0.39 is 4.92 Å². The van der Waals surface area contributed by atoms with Gasteiger partial charge in [-0.15, -0.1) is 0 Å². The number of nitro benzene ring substituents is 1. The number of hydrogen-bond donors (Lipinski definition) is 1. The lowest BCUT2D eigenvalue weighted by Gasteiger charge is -2.32. The predicted octanol–water partition coefficient (Wildman–Crippen LogP) is 3.57. The summed E-state index contributed by atoms with van der Waals surface area (Å²) in [5.41, 5.74) is 0.340. The molecule has 6 nitrogen and oxygen atoms in total. The first kappa shape index (κ1) is 18.4. The molecule has 1 saturated heterocycles. The van der Waals surface area contributed by atoms with Crippen molar-refractivity contribution in [1.82, 2.24) is 10.2 Å². The summed E-state index contributed by atoms with van der Waals surface area (Å²) < 4.78 is 0. The number of piperidine rings is 1. The van der Waals surface area contributed by atoms with Crippen molar-refractivity contribution in [2.45, 2.75) is 28.7 Å². The minimum absolute atomic E-state index is 0.0594. The van der Waals surface area contributed by atoms with Gasteiger partial charge in [-0.1, -0.05) is 30.0 Å². The van der Waals surface area contributed by atoms with E-state index in [0.29, 0.717) is 24.7 Å². The van der Waals surface area contributed by atoms with Crippen LogP contribution in [0.5, 0.6) is 0 Å². The molecule has 26 heavy (non-hydrogen) atoms. The quantitative estimate of drug-likeness (QED) is 0.642. The van der Waals surface area contributed by atoms with Crippen LogP contribution in [-0.2, 0) is 0 Å². The van der Waals surface area contributed by atoms with E-state index in [2.05, 4.69) is 5.32 Å². The fraction of sp³-hybridized carbons (Fsp3) is 0.316. The van der Waals surface area contributed by atoms with Gasteiger partial charge in [0.2, 0.25) is 0 Å². The molecular weight excluding hydrogens is 350 g/mol. The largest absolute Gasteiger partial charge is 0.338 e. The van der Waals surface area contributed by atoms with Crippen molar-refractivity contribution in [3.8, 4) is 0 Å². The second-order valence-corrected chi connectivity index (χ2v) is 7.32. The van der Waals surface area contributed by atoms with Crippen LogP contribution in [0.1, 0.15) is 23.2 Å². The summed E-state index contributed by atoms with van der Waals surface area (Å²) in [5.74, 6) is -0.137. The van der Waals surface area contributed by atoms with E-state index in [1.165, 1.54) is 23.9 Å². The molecule has 1 amide bonds. The zero-order valence-electron chi connectivity index (χ0n) is 14.6. The molecule has 1 fully saturated rings. The molecule has 0 aromatic heterocycles. The van der Waals surface area contributed by atoms with Crippen molar-refractivity contribution in [2.24, 2.45) is 0 Å². The second kappa shape index (κ2) is 8.33. The van der Waals surface area contributed by atoms with Crippen molar-refractivity contribution in [2.75, 3.05) is 20.1 Å². The van der Waals surface area contributed by atoms with E-state index in [0.717, 1.165) is 22.6 Å². The van der Waals surface area contributed by atoms with Gasteiger partial charge in [-0.3, -0.25) is 14.9 Å². The topological polar surface area (TPSA) is 75.5 Å². The van der Waals surface area contributed by atoms with Crippen LogP contribution >= 0.6 is 11.8 Å². The molecule has 0 aliphatic carbocycles. The Kier molecular flexibility index (Phi) is 5.90. The zero-order chi connectivity index (χ0) is 18.5. The van der Waals surface area contributed by atoms with Crippen LogP contribution in [0.2, 0.25) is 0 Å². The number of nitrogens with one attached hydrogen (secondary N) is 1. The number of likely N-dealkylation sites (tertiary alicyclic amines) is 1. The van der Waals surface area contributed by atoms with E-state index in [4.69, 9.17) is 0 Å². The van der Waals surface area contributed by atoms with E-state index in [9.17, 15) is 14.9 Å². The van der Waals surface area contributed by atoms with Crippen LogP contribution in [0, 0.1) is 10.1 Å². The van der Waals surface area contributed by atoms with E-state index in [1.54, 1.807) is 11.0 Å². The number of carbonyl (C=O) groups is 1. The number of non-ortho nitro benzene ring substituents is 1. The first-order valence-electron chi connectivity index (χ1n) is 8.56. The number of nitro groups is 1. The third kappa shape index (κ3) is 4.23. The third-order valence-corrected chi connectivity index (χ3v) is 5.65. The summed E-state index contributed by atoms with van der Waals surface area (Å²) >= 11 is 1.45. The van der Waals surface area contributed by atoms with Gasteiger partial charge in [0.05, 0.1) is 10.5 Å². The highest BCUT2D eigenvalue weighted by atomic mass is 32.2. The van der Waals surface area contributed by atoms with Crippen LogP contribution in [0.3, 0.4) is 0 Å². The minimum Gasteiger partial charge on any atom is -0.338 e. The molecule has 136 valence electrons. The monoisotopic (exact) mass is 371 g/mol. The number of hydrogen-bond acceptors (Lipinski definition) is 5. The molecule has 0 atom stereocenters. The number of carbonyl (C=O) groups excluding carboxylic acids is 1. The average molecular weight is 371 g/mol. The fourth-order valence-corrected chi connectivity index (χ4v) is 3.98. The van der Waals surface area contributed by atoms with Crippen molar-refractivity contribution in [3.05, 3.63) is 64.2 Å². The molecule has 1 heterocycles. The summed E-state index contributed by atoms with van der Waals surface area (Å²) in [7, 11) is 1.93. The van der Waals surface area contributed by atoms with Gasteiger partial charge in [-0.05, 0) is 38.1 Å². The van der Waals surface area contributed by atoms with Gasteiger partial charge in [0.25, 0.3) is 11.6 Å². The fourth-order valence-electron chi connectivity index (χ4n) is 3.04. The molecule has 3 rings (SSSR count). The highest BCUT2D eigenvalue weighted by molar-refractivity contribution is 7.99. The Bertz CT molecular complexity index is 790. The molecule has 0 radical (unpaired) electrons. The first-order chi connectivity index (χ1) is 12.6. The van der Waals surface area contributed by atoms with Gasteiger partial charge in [0.1, 0.15) is 0 Å². The molecule has 1 N–H and O–H groups in total. The van der Waals surface area contributed by atoms with Crippen molar-refractivity contribution < 1.29 is 9.72 Å². The number of rotatable bonds is 5. The van der Waals surface area contributed by atoms with Gasteiger partial charge in [-0.25, -0.2) is 0 Å². The Morgan fingerprint density at radius 2 is 1.88 bits per heavy atom. The Morgan fingerprint density at radius 3 is 2.50 bits per heavy atom. The summed E-state index contributed by atoms with van der Waals surface area (Å²) in [6, 6.07) is 14.6. The van der Waals surface area contributed by atoms with Crippen molar-refractivity contribution in [1.29, 1.82) is 0 Å². The van der Waals surface area contributed by atoms with E-state index >= 15 is 0 Å². The van der Waals surface area contributed by atoms with E-state index in [1.807, 2.05) is 37.4 Å². The van der Waals surface area contributed by atoms with Crippen LogP contribution in [0.25, 0.3) is 0 Å². The number of amides is 1. The number of benzene rings is 2. The Labute approximate surface area is 156 Å². The zero-order valence-corrected chi connectivity index (χ0v) is 15.4. The smallest absolute Gasteiger partial charge is 0.270 e. The Morgan fingerprint density at radius 1 is 1.19 bits per heavy atom. The Balaban J connectivity index is 1.88. The Hall–Kier alpha value is -2.38. The maximum atomic E-state index is 13.1. The maximum absolute atomic E-state index is 13.1. The predicted molar refractivity (Wildman–Crippen MR) is 102 cm³/mol. The van der Waals surface area contributed by atoms with E-state index in [-0.39, 0.29) is 11.6 Å². The minimum atomic E-state index is -0.457. The summed E-state index contributed by atoms with van der Waals surface area (Å²) in [6.07, 6.45) is 1.77. The molecule has 2 aromatic rings. The van der Waals surface area contributed by atoms with Gasteiger partial charge >= 0.3 is 0 Å². The molecule has 1 aliphatic rings. The molecule has 0 unspecified atom stereocenters. The summed E-state index contributed by atoms with van der Waals surface area (Å²) in [5, 5.41) is 14.4. The lowest BCUT2D eigenvalue weighted by Crippen LogP contribution is -2.44. The van der Waals surface area contributed by atoms with Crippen molar-refractivity contribution >= 4 is 23.4 Å². The van der Waals surface area contributed by atoms with Crippen LogP contribution in [0.15, 0.2) is 58.3 Å². The summed E-state index contributed by atoms with van der Waals surface area (Å²) in [4.78, 5) is 27.3. The first-order valence-corrected chi connectivity index (χ1v) is 9.38. The number of nitrogens with zero attached hydrogens (tertiary/aromatic N) is 2. The molecule has 0 saturated carbocycles. The molecule has 7 heteroatoms. The lowest BCUT2D eigenvalue weighted by atomic mass is 10.0. The second-order valence-electron chi connectivity index (χ2n) is 6.21. The van der Waals surface area contributed by atoms with Gasteiger partial charge < -0.3 is 10.2 Å². The third-order valence-electron chi connectivity index (χ3n) is 4.57. The molecular formula is C19H21N3O3S. The van der Waals surface area contributed by atoms with Gasteiger partial charge in [0, 0.05) is 41.1 Å². The summed E-state index contributed by atoms with van der Waals surface area (Å²) in [6.45, 7) is 1.31. The normalized spacial score (nSPS) is 15.0. The van der Waals surface area contributed by atoms with Crippen LogP contribution < -0.4 is 5.32 Å². The average Bonchev–Trinajstić information content (AvgIpc) is 2.68. The maximum Gasteiger partial charge on any atom is 0.270 e. The molecule has 2 aromatic carbocycles. The molecule has 1 aliphatic heterocycles. The van der Waals surface area contributed by atoms with Crippen molar-refractivity contribution in [3.63, 3.8) is 0 Å².